The molecule has 3 aromatic rings. The number of hydrogen-bond donors (Lipinski definition) is 1. The fourth-order valence-electron chi connectivity index (χ4n) is 2.81. The monoisotopic (exact) mass is 436 g/mol. The van der Waals surface area contributed by atoms with Crippen molar-refractivity contribution in [3.63, 3.8) is 0 Å². The van der Waals surface area contributed by atoms with Crippen molar-refractivity contribution in [1.29, 1.82) is 0 Å². The van der Waals surface area contributed by atoms with Crippen LogP contribution in [0.15, 0.2) is 67.0 Å². The van der Waals surface area contributed by atoms with Crippen LogP contribution in [0.1, 0.15) is 24.5 Å². The van der Waals surface area contributed by atoms with Crippen LogP contribution >= 0.6 is 0 Å². The van der Waals surface area contributed by atoms with E-state index in [9.17, 15) is 9.18 Å². The first-order valence-corrected chi connectivity index (χ1v) is 10.2. The summed E-state index contributed by atoms with van der Waals surface area (Å²) in [7, 11) is 1.57. The molecule has 1 aromatic heterocycles. The molecule has 0 bridgehead atoms. The number of nitrogens with one attached hydrogen (secondary N) is 1. The maximum absolute atomic E-state index is 14.3. The maximum Gasteiger partial charge on any atom is 0.244 e. The van der Waals surface area contributed by atoms with E-state index in [4.69, 9.17) is 14.2 Å². The summed E-state index contributed by atoms with van der Waals surface area (Å²) in [6, 6.07) is 13.4. The van der Waals surface area contributed by atoms with Gasteiger partial charge >= 0.3 is 0 Å². The number of rotatable bonds is 10. The lowest BCUT2D eigenvalue weighted by Gasteiger charge is -2.10. The molecule has 0 saturated heterocycles. The first-order valence-electron chi connectivity index (χ1n) is 10.2. The summed E-state index contributed by atoms with van der Waals surface area (Å²) in [6.45, 7) is 2.81. The van der Waals surface area contributed by atoms with Crippen LogP contribution in [0.25, 0.3) is 6.08 Å². The molecule has 1 heterocycles. The minimum Gasteiger partial charge on any atom is -0.493 e. The van der Waals surface area contributed by atoms with E-state index in [-0.39, 0.29) is 18.2 Å². The summed E-state index contributed by atoms with van der Waals surface area (Å²) in [5.74, 6) is 0.978. The zero-order valence-corrected chi connectivity index (χ0v) is 18.0. The summed E-state index contributed by atoms with van der Waals surface area (Å²) >= 11 is 0. The minimum atomic E-state index is -0.520. The van der Waals surface area contributed by atoms with Gasteiger partial charge in [0.2, 0.25) is 5.91 Å². The van der Waals surface area contributed by atoms with Crippen LogP contribution < -0.4 is 19.5 Å². The van der Waals surface area contributed by atoms with Gasteiger partial charge in [-0.1, -0.05) is 19.1 Å². The molecule has 1 N–H and O–H groups in total. The number of nitrogens with zero attached hydrogens (tertiary/aromatic N) is 1. The molecular formula is C25H25FN2O4. The maximum atomic E-state index is 14.3. The Hall–Kier alpha value is -3.87. The van der Waals surface area contributed by atoms with Crippen LogP contribution in [0.4, 0.5) is 4.39 Å². The third-order valence-corrected chi connectivity index (χ3v) is 4.40. The largest absolute Gasteiger partial charge is 0.493 e. The molecule has 0 radical (unpaired) electrons. The molecule has 7 heteroatoms. The number of pyridine rings is 1. The van der Waals surface area contributed by atoms with Crippen molar-refractivity contribution in [2.45, 2.75) is 19.9 Å². The van der Waals surface area contributed by atoms with E-state index in [1.807, 2.05) is 19.1 Å². The fourth-order valence-corrected chi connectivity index (χ4v) is 2.81. The Labute approximate surface area is 186 Å². The van der Waals surface area contributed by atoms with E-state index >= 15 is 0 Å². The number of methoxy groups -OCH3 is 1. The van der Waals surface area contributed by atoms with Gasteiger partial charge in [0.1, 0.15) is 5.75 Å². The van der Waals surface area contributed by atoms with Gasteiger partial charge in [-0.05, 0) is 60.0 Å². The Morgan fingerprint density at radius 3 is 2.69 bits per heavy atom. The van der Waals surface area contributed by atoms with E-state index in [2.05, 4.69) is 10.3 Å². The Morgan fingerprint density at radius 2 is 1.97 bits per heavy atom. The molecule has 0 saturated carbocycles. The average Bonchev–Trinajstić information content (AvgIpc) is 2.82. The van der Waals surface area contributed by atoms with Crippen LogP contribution in [0.3, 0.4) is 0 Å². The SMILES string of the molecule is CCCOc1ccc(/C=C/C(=O)NCc2ccc(Oc3cccnc3)c(F)c2)cc1OC. The van der Waals surface area contributed by atoms with Crippen molar-refractivity contribution in [2.75, 3.05) is 13.7 Å². The summed E-state index contributed by atoms with van der Waals surface area (Å²) < 4.78 is 30.8. The molecule has 166 valence electrons. The van der Waals surface area contributed by atoms with Gasteiger partial charge < -0.3 is 19.5 Å². The van der Waals surface area contributed by atoms with Crippen LogP contribution in [-0.4, -0.2) is 24.6 Å². The lowest BCUT2D eigenvalue weighted by molar-refractivity contribution is -0.116. The molecule has 2 aromatic carbocycles. The Morgan fingerprint density at radius 1 is 1.12 bits per heavy atom. The molecule has 0 aliphatic carbocycles. The van der Waals surface area contributed by atoms with Crippen molar-refractivity contribution in [3.05, 3.63) is 83.9 Å². The lowest BCUT2D eigenvalue weighted by atomic mass is 10.2. The molecule has 32 heavy (non-hydrogen) atoms. The van der Waals surface area contributed by atoms with Gasteiger partial charge in [-0.2, -0.15) is 0 Å². The first kappa shape index (κ1) is 22.8. The quantitative estimate of drug-likeness (QED) is 0.446. The van der Waals surface area contributed by atoms with Gasteiger partial charge in [0.15, 0.2) is 23.1 Å². The van der Waals surface area contributed by atoms with Gasteiger partial charge in [0.25, 0.3) is 0 Å². The van der Waals surface area contributed by atoms with E-state index in [0.717, 1.165) is 12.0 Å². The predicted octanol–water partition coefficient (Wildman–Crippen LogP) is 5.14. The molecule has 1 amide bonds. The molecule has 0 aliphatic heterocycles. The Bertz CT molecular complexity index is 1070. The van der Waals surface area contributed by atoms with Gasteiger partial charge in [-0.25, -0.2) is 4.39 Å². The van der Waals surface area contributed by atoms with Crippen LogP contribution in [0.2, 0.25) is 0 Å². The summed E-state index contributed by atoms with van der Waals surface area (Å²) in [4.78, 5) is 16.1. The topological polar surface area (TPSA) is 69.7 Å². The third-order valence-electron chi connectivity index (χ3n) is 4.40. The molecule has 6 nitrogen and oxygen atoms in total. The zero-order chi connectivity index (χ0) is 22.8. The fraction of sp³-hybridized carbons (Fsp3) is 0.200. The van der Waals surface area contributed by atoms with Crippen molar-refractivity contribution in [1.82, 2.24) is 10.3 Å². The third kappa shape index (κ3) is 6.57. The highest BCUT2D eigenvalue weighted by atomic mass is 19.1. The zero-order valence-electron chi connectivity index (χ0n) is 18.0. The van der Waals surface area contributed by atoms with Crippen LogP contribution in [0, 0.1) is 5.82 Å². The second-order valence-corrected chi connectivity index (χ2v) is 6.87. The number of benzene rings is 2. The van der Waals surface area contributed by atoms with E-state index in [0.29, 0.717) is 29.4 Å². The highest BCUT2D eigenvalue weighted by molar-refractivity contribution is 5.91. The number of halogens is 1. The normalized spacial score (nSPS) is 10.7. The summed E-state index contributed by atoms with van der Waals surface area (Å²) in [5.41, 5.74) is 1.41. The van der Waals surface area contributed by atoms with Crippen LogP contribution in [0.5, 0.6) is 23.0 Å². The van der Waals surface area contributed by atoms with Crippen molar-refractivity contribution in [3.8, 4) is 23.0 Å². The number of carbonyl (C=O) groups excluding carboxylic acids is 1. The van der Waals surface area contributed by atoms with Gasteiger partial charge in [-0.3, -0.25) is 9.78 Å². The smallest absolute Gasteiger partial charge is 0.244 e. The highest BCUT2D eigenvalue weighted by Crippen LogP contribution is 2.28. The molecule has 3 rings (SSSR count). The number of carbonyl (C=O) groups is 1. The highest BCUT2D eigenvalue weighted by Gasteiger charge is 2.08. The van der Waals surface area contributed by atoms with E-state index in [1.54, 1.807) is 43.6 Å². The standard InChI is InChI=1S/C25H25FN2O4/c1-3-13-31-23-10-6-18(15-24(23)30-2)8-11-25(29)28-16-19-7-9-22(21(26)14-19)32-20-5-4-12-27-17-20/h4-12,14-15,17H,3,13,16H2,1-2H3,(H,28,29)/b11-8+. The number of aromatic nitrogens is 1. The first-order chi connectivity index (χ1) is 15.6. The van der Waals surface area contributed by atoms with E-state index < -0.39 is 5.82 Å². The van der Waals surface area contributed by atoms with Gasteiger partial charge in [-0.15, -0.1) is 0 Å². The Kier molecular flexibility index (Phi) is 8.20. The lowest BCUT2D eigenvalue weighted by Crippen LogP contribution is -2.20. The molecular weight excluding hydrogens is 411 g/mol. The number of hydrogen-bond acceptors (Lipinski definition) is 5. The molecule has 0 aliphatic rings. The van der Waals surface area contributed by atoms with Gasteiger partial charge in [0.05, 0.1) is 19.9 Å². The molecule has 0 fully saturated rings. The summed E-state index contributed by atoms with van der Waals surface area (Å²) in [6.07, 6.45) is 7.10. The Balaban J connectivity index is 1.55. The van der Waals surface area contributed by atoms with Crippen molar-refractivity contribution in [2.24, 2.45) is 0 Å². The molecule has 0 unspecified atom stereocenters. The van der Waals surface area contributed by atoms with Crippen LogP contribution in [-0.2, 0) is 11.3 Å². The number of ether oxygens (including phenoxy) is 3. The predicted molar refractivity (Wildman–Crippen MR) is 120 cm³/mol. The second kappa shape index (κ2) is 11.5. The average molecular weight is 436 g/mol. The second-order valence-electron chi connectivity index (χ2n) is 6.87. The molecule has 0 spiro atoms. The van der Waals surface area contributed by atoms with E-state index in [1.165, 1.54) is 24.4 Å². The minimum absolute atomic E-state index is 0.0910. The molecule has 0 atom stereocenters. The van der Waals surface area contributed by atoms with Gasteiger partial charge in [0, 0.05) is 18.8 Å². The van der Waals surface area contributed by atoms with Crippen molar-refractivity contribution < 1.29 is 23.4 Å². The number of amides is 1. The van der Waals surface area contributed by atoms with Crippen molar-refractivity contribution >= 4 is 12.0 Å². The summed E-state index contributed by atoms with van der Waals surface area (Å²) in [5, 5.41) is 2.73.